The van der Waals surface area contributed by atoms with Crippen LogP contribution in [0.1, 0.15) is 41.0 Å². The number of benzene rings is 4. The van der Waals surface area contributed by atoms with Gasteiger partial charge in [0, 0.05) is 5.92 Å². The molecule has 1 atom stereocenters. The molecule has 178 valence electrons. The van der Waals surface area contributed by atoms with E-state index in [0.29, 0.717) is 6.61 Å². The molecule has 36 heavy (non-hydrogen) atoms. The average molecular weight is 472 g/mol. The molecule has 4 aromatic rings. The quantitative estimate of drug-likeness (QED) is 0.282. The van der Waals surface area contributed by atoms with Crippen molar-refractivity contribution in [2.24, 2.45) is 0 Å². The highest BCUT2D eigenvalue weighted by atomic mass is 16.6. The highest BCUT2D eigenvalue weighted by Gasteiger charge is 2.51. The second-order valence-electron chi connectivity index (χ2n) is 9.61. The van der Waals surface area contributed by atoms with Gasteiger partial charge >= 0.3 is 6.09 Å². The van der Waals surface area contributed by atoms with E-state index in [-0.39, 0.29) is 18.1 Å². The van der Waals surface area contributed by atoms with Crippen LogP contribution in [0.2, 0.25) is 0 Å². The van der Waals surface area contributed by atoms with E-state index in [2.05, 4.69) is 79.4 Å². The fourth-order valence-corrected chi connectivity index (χ4v) is 6.23. The first kappa shape index (κ1) is 22.4. The van der Waals surface area contributed by atoms with Gasteiger partial charge in [0.25, 0.3) is 0 Å². The molecule has 2 aliphatic rings. The average Bonchev–Trinajstić information content (AvgIpc) is 3.50. The second kappa shape index (κ2) is 9.16. The van der Waals surface area contributed by atoms with Gasteiger partial charge in [0.2, 0.25) is 0 Å². The summed E-state index contributed by atoms with van der Waals surface area (Å²) in [6, 6.07) is 37.4. The van der Waals surface area contributed by atoms with Crippen LogP contribution < -0.4 is 0 Å². The first-order valence-corrected chi connectivity index (χ1v) is 12.6. The number of amides is 1. The molecule has 1 heterocycles. The normalized spacial score (nSPS) is 17.9. The number of carbonyl (C=O) groups is 1. The van der Waals surface area contributed by atoms with E-state index >= 15 is 0 Å². The summed E-state index contributed by atoms with van der Waals surface area (Å²) in [6.07, 6.45) is 3.22. The van der Waals surface area contributed by atoms with Gasteiger partial charge in [-0.2, -0.15) is 0 Å². The summed E-state index contributed by atoms with van der Waals surface area (Å²) in [5, 5.41) is 0. The predicted molar refractivity (Wildman–Crippen MR) is 144 cm³/mol. The SMILES string of the molecule is C=C[C@@H]1CCC(c2ccccc2)(c2ccccc2)N1C(=O)OCC1c2ccccc2-c2ccccc21. The Kier molecular flexibility index (Phi) is 5.69. The van der Waals surface area contributed by atoms with Crippen molar-refractivity contribution in [2.45, 2.75) is 30.3 Å². The van der Waals surface area contributed by atoms with Crippen molar-refractivity contribution >= 4 is 6.09 Å². The number of hydrogen-bond acceptors (Lipinski definition) is 2. The molecule has 0 saturated carbocycles. The molecule has 3 heteroatoms. The van der Waals surface area contributed by atoms with Crippen LogP contribution in [0.4, 0.5) is 4.79 Å². The Morgan fingerprint density at radius 2 is 1.31 bits per heavy atom. The van der Waals surface area contributed by atoms with Crippen molar-refractivity contribution in [3.8, 4) is 11.1 Å². The molecule has 0 N–H and O–H groups in total. The summed E-state index contributed by atoms with van der Waals surface area (Å²) in [4.78, 5) is 15.9. The first-order chi connectivity index (χ1) is 17.7. The monoisotopic (exact) mass is 471 g/mol. The van der Waals surface area contributed by atoms with Crippen molar-refractivity contribution in [3.63, 3.8) is 0 Å². The van der Waals surface area contributed by atoms with Crippen LogP contribution in [0.25, 0.3) is 11.1 Å². The zero-order valence-electron chi connectivity index (χ0n) is 20.2. The smallest absolute Gasteiger partial charge is 0.411 e. The van der Waals surface area contributed by atoms with E-state index < -0.39 is 5.54 Å². The topological polar surface area (TPSA) is 29.5 Å². The van der Waals surface area contributed by atoms with Crippen LogP contribution in [0.15, 0.2) is 122 Å². The van der Waals surface area contributed by atoms with Gasteiger partial charge in [0.15, 0.2) is 0 Å². The Hall–Kier alpha value is -4.11. The third-order valence-electron chi connectivity index (χ3n) is 7.85. The number of fused-ring (bicyclic) bond motifs is 3. The van der Waals surface area contributed by atoms with E-state index in [1.807, 2.05) is 47.4 Å². The number of rotatable bonds is 5. The standard InChI is InChI=1S/C33H29NO2/c1-2-26-21-22-33(24-13-5-3-6-14-24,25-15-7-4-8-16-25)34(26)32(35)36-23-31-29-19-11-9-17-27(29)28-18-10-12-20-30(28)31/h2-20,26,31H,1,21-23H2/t26-/m1/s1. The number of carbonyl (C=O) groups excluding carboxylic acids is 1. The van der Waals surface area contributed by atoms with E-state index in [1.165, 1.54) is 22.3 Å². The van der Waals surface area contributed by atoms with Crippen molar-refractivity contribution < 1.29 is 9.53 Å². The highest BCUT2D eigenvalue weighted by Crippen LogP contribution is 2.49. The Labute approximate surface area is 212 Å². The maximum atomic E-state index is 14.0. The van der Waals surface area contributed by atoms with Crippen LogP contribution in [0, 0.1) is 0 Å². The maximum Gasteiger partial charge on any atom is 0.411 e. The molecule has 1 amide bonds. The van der Waals surface area contributed by atoms with E-state index in [1.54, 1.807) is 0 Å². The van der Waals surface area contributed by atoms with Crippen molar-refractivity contribution in [2.75, 3.05) is 6.61 Å². The lowest BCUT2D eigenvalue weighted by molar-refractivity contribution is 0.0691. The van der Waals surface area contributed by atoms with Gasteiger partial charge in [-0.25, -0.2) is 4.79 Å². The second-order valence-corrected chi connectivity index (χ2v) is 9.61. The largest absolute Gasteiger partial charge is 0.448 e. The summed E-state index contributed by atoms with van der Waals surface area (Å²) in [5.41, 5.74) is 6.45. The molecule has 0 spiro atoms. The van der Waals surface area contributed by atoms with Crippen LogP contribution in [-0.4, -0.2) is 23.6 Å². The lowest BCUT2D eigenvalue weighted by Crippen LogP contribution is -2.49. The van der Waals surface area contributed by atoms with Crippen molar-refractivity contribution in [1.29, 1.82) is 0 Å². The van der Waals surface area contributed by atoms with Crippen LogP contribution in [-0.2, 0) is 10.3 Å². The molecule has 0 aromatic heterocycles. The van der Waals surface area contributed by atoms with Gasteiger partial charge in [0.1, 0.15) is 6.61 Å². The molecule has 1 aliphatic heterocycles. The lowest BCUT2D eigenvalue weighted by atomic mass is 9.80. The molecule has 1 aliphatic carbocycles. The fraction of sp³-hybridized carbons (Fsp3) is 0.182. The molecule has 0 bridgehead atoms. The maximum absolute atomic E-state index is 14.0. The predicted octanol–water partition coefficient (Wildman–Crippen LogP) is 7.53. The minimum atomic E-state index is -0.607. The van der Waals surface area contributed by atoms with Crippen molar-refractivity contribution in [1.82, 2.24) is 4.90 Å². The molecule has 3 nitrogen and oxygen atoms in total. The molecule has 0 radical (unpaired) electrons. The molecular weight excluding hydrogens is 442 g/mol. The number of likely N-dealkylation sites (tertiary alicyclic amines) is 1. The Balaban J connectivity index is 1.37. The summed E-state index contributed by atoms with van der Waals surface area (Å²) >= 11 is 0. The summed E-state index contributed by atoms with van der Waals surface area (Å²) in [5.74, 6) is 0.0222. The third-order valence-corrected chi connectivity index (χ3v) is 7.85. The van der Waals surface area contributed by atoms with Crippen molar-refractivity contribution in [3.05, 3.63) is 144 Å². The molecule has 0 unspecified atom stereocenters. The number of hydrogen-bond donors (Lipinski definition) is 0. The molecule has 6 rings (SSSR count). The molecule has 4 aromatic carbocycles. The lowest BCUT2D eigenvalue weighted by Gasteiger charge is -2.41. The van der Waals surface area contributed by atoms with E-state index in [9.17, 15) is 4.79 Å². The van der Waals surface area contributed by atoms with E-state index in [4.69, 9.17) is 4.74 Å². The number of ether oxygens (including phenoxy) is 1. The van der Waals surface area contributed by atoms with Gasteiger partial charge < -0.3 is 4.74 Å². The Bertz CT molecular complexity index is 1310. The van der Waals surface area contributed by atoms with Gasteiger partial charge in [-0.1, -0.05) is 115 Å². The Morgan fingerprint density at radius 1 is 0.806 bits per heavy atom. The highest BCUT2D eigenvalue weighted by molar-refractivity contribution is 5.79. The minimum Gasteiger partial charge on any atom is -0.448 e. The molecular formula is C33H29NO2. The number of nitrogens with zero attached hydrogens (tertiary/aromatic N) is 1. The van der Waals surface area contributed by atoms with Crippen LogP contribution >= 0.6 is 0 Å². The fourth-order valence-electron chi connectivity index (χ4n) is 6.23. The van der Waals surface area contributed by atoms with Crippen LogP contribution in [0.3, 0.4) is 0 Å². The first-order valence-electron chi connectivity index (χ1n) is 12.6. The van der Waals surface area contributed by atoms with Gasteiger partial charge in [-0.15, -0.1) is 6.58 Å². The molecule has 1 fully saturated rings. The summed E-state index contributed by atoms with van der Waals surface area (Å²) < 4.78 is 6.19. The Morgan fingerprint density at radius 3 is 1.83 bits per heavy atom. The van der Waals surface area contributed by atoms with Crippen LogP contribution in [0.5, 0.6) is 0 Å². The molecule has 1 saturated heterocycles. The van der Waals surface area contributed by atoms with Gasteiger partial charge in [-0.05, 0) is 46.2 Å². The zero-order valence-corrected chi connectivity index (χ0v) is 20.2. The third kappa shape index (κ3) is 3.46. The summed E-state index contributed by atoms with van der Waals surface area (Å²) in [7, 11) is 0. The minimum absolute atomic E-state index is 0.0222. The zero-order chi connectivity index (χ0) is 24.5. The van der Waals surface area contributed by atoms with E-state index in [0.717, 1.165) is 24.0 Å². The summed E-state index contributed by atoms with van der Waals surface area (Å²) in [6.45, 7) is 4.37. The van der Waals surface area contributed by atoms with Gasteiger partial charge in [-0.3, -0.25) is 4.90 Å². The van der Waals surface area contributed by atoms with Gasteiger partial charge in [0.05, 0.1) is 11.6 Å².